The zero-order valence-corrected chi connectivity index (χ0v) is 15.3. The number of aromatic nitrogens is 1. The molecule has 0 aliphatic carbocycles. The average Bonchev–Trinajstić information content (AvgIpc) is 2.69. The van der Waals surface area contributed by atoms with E-state index in [1.54, 1.807) is 12.4 Å². The van der Waals surface area contributed by atoms with Crippen LogP contribution in [-0.4, -0.2) is 17.4 Å². The van der Waals surface area contributed by atoms with Crippen molar-refractivity contribution in [3.63, 3.8) is 0 Å². The van der Waals surface area contributed by atoms with Crippen molar-refractivity contribution >= 4 is 28.9 Å². The van der Waals surface area contributed by atoms with E-state index in [1.165, 1.54) is 0 Å². The molecule has 1 heterocycles. The highest BCUT2D eigenvalue weighted by molar-refractivity contribution is 6.31. The van der Waals surface area contributed by atoms with Crippen LogP contribution in [0.25, 0.3) is 0 Å². The van der Waals surface area contributed by atoms with E-state index in [0.29, 0.717) is 17.1 Å². The first-order valence-electron chi connectivity index (χ1n) is 8.48. The standard InChI is InChI=1S/C21H20ClN3O/c1-2-25(18-9-4-3-5-10-18)19-12-17(13-23-15-19)21(26)24-14-16-8-6-7-11-20(16)22/h3-13,15H,2,14H2,1H3,(H,24,26). The summed E-state index contributed by atoms with van der Waals surface area (Å²) in [6.07, 6.45) is 3.34. The number of nitrogens with zero attached hydrogens (tertiary/aromatic N) is 2. The summed E-state index contributed by atoms with van der Waals surface area (Å²) in [5, 5.41) is 3.54. The molecule has 0 aliphatic rings. The molecule has 1 N–H and O–H groups in total. The minimum absolute atomic E-state index is 0.177. The third-order valence-electron chi connectivity index (χ3n) is 4.08. The molecule has 0 radical (unpaired) electrons. The number of para-hydroxylation sites is 1. The molecule has 0 saturated heterocycles. The van der Waals surface area contributed by atoms with Crippen molar-refractivity contribution in [3.8, 4) is 0 Å². The number of amides is 1. The quantitative estimate of drug-likeness (QED) is 0.681. The van der Waals surface area contributed by atoms with Gasteiger partial charge in [-0.3, -0.25) is 9.78 Å². The molecule has 0 aliphatic heterocycles. The number of pyridine rings is 1. The van der Waals surface area contributed by atoms with Gasteiger partial charge in [-0.25, -0.2) is 0 Å². The first-order valence-corrected chi connectivity index (χ1v) is 8.86. The summed E-state index contributed by atoms with van der Waals surface area (Å²) in [6, 6.07) is 19.4. The fraction of sp³-hybridized carbons (Fsp3) is 0.143. The van der Waals surface area contributed by atoms with Crippen LogP contribution in [0.15, 0.2) is 73.1 Å². The molecular weight excluding hydrogens is 346 g/mol. The molecule has 0 atom stereocenters. The van der Waals surface area contributed by atoms with Crippen LogP contribution in [0.4, 0.5) is 11.4 Å². The van der Waals surface area contributed by atoms with Crippen molar-refractivity contribution < 1.29 is 4.79 Å². The molecular formula is C21H20ClN3O. The molecule has 0 fully saturated rings. The van der Waals surface area contributed by atoms with Crippen molar-refractivity contribution in [2.75, 3.05) is 11.4 Å². The Bertz CT molecular complexity index is 883. The molecule has 4 nitrogen and oxygen atoms in total. The highest BCUT2D eigenvalue weighted by Crippen LogP contribution is 2.24. The van der Waals surface area contributed by atoms with E-state index in [-0.39, 0.29) is 5.91 Å². The van der Waals surface area contributed by atoms with Crippen LogP contribution in [0.1, 0.15) is 22.8 Å². The van der Waals surface area contributed by atoms with Crippen LogP contribution < -0.4 is 10.2 Å². The Morgan fingerprint density at radius 3 is 2.50 bits per heavy atom. The molecule has 3 aromatic rings. The van der Waals surface area contributed by atoms with E-state index >= 15 is 0 Å². The van der Waals surface area contributed by atoms with Gasteiger partial charge < -0.3 is 10.2 Å². The first-order chi connectivity index (χ1) is 12.7. The van der Waals surface area contributed by atoms with E-state index < -0.39 is 0 Å². The summed E-state index contributed by atoms with van der Waals surface area (Å²) in [5.74, 6) is -0.177. The molecule has 0 spiro atoms. The molecule has 132 valence electrons. The molecule has 0 unspecified atom stereocenters. The third kappa shape index (κ3) is 4.21. The molecule has 26 heavy (non-hydrogen) atoms. The van der Waals surface area contributed by atoms with Gasteiger partial charge in [0.05, 0.1) is 17.4 Å². The van der Waals surface area contributed by atoms with E-state index in [4.69, 9.17) is 11.6 Å². The van der Waals surface area contributed by atoms with Crippen LogP contribution in [0.5, 0.6) is 0 Å². The number of rotatable bonds is 6. The van der Waals surface area contributed by atoms with Gasteiger partial charge in [-0.2, -0.15) is 0 Å². The van der Waals surface area contributed by atoms with Crippen molar-refractivity contribution in [1.82, 2.24) is 10.3 Å². The molecule has 0 bridgehead atoms. The number of carbonyl (C=O) groups excluding carboxylic acids is 1. The molecule has 0 saturated carbocycles. The molecule has 5 heteroatoms. The number of nitrogens with one attached hydrogen (secondary N) is 1. The van der Waals surface area contributed by atoms with Gasteiger partial charge in [-0.05, 0) is 36.8 Å². The van der Waals surface area contributed by atoms with Crippen molar-refractivity contribution in [2.45, 2.75) is 13.5 Å². The summed E-state index contributed by atoms with van der Waals surface area (Å²) in [7, 11) is 0. The lowest BCUT2D eigenvalue weighted by Crippen LogP contribution is -2.24. The molecule has 2 aromatic carbocycles. The highest BCUT2D eigenvalue weighted by Gasteiger charge is 2.12. The van der Waals surface area contributed by atoms with Crippen LogP contribution in [-0.2, 0) is 6.54 Å². The Labute approximate surface area is 158 Å². The Balaban J connectivity index is 1.76. The third-order valence-corrected chi connectivity index (χ3v) is 4.45. The van der Waals surface area contributed by atoms with Crippen molar-refractivity contribution in [1.29, 1.82) is 0 Å². The Kier molecular flexibility index (Phi) is 5.87. The molecule has 3 rings (SSSR count). The van der Waals surface area contributed by atoms with Gasteiger partial charge in [0.2, 0.25) is 0 Å². The Morgan fingerprint density at radius 1 is 1.04 bits per heavy atom. The minimum Gasteiger partial charge on any atom is -0.348 e. The van der Waals surface area contributed by atoms with Gasteiger partial charge in [-0.15, -0.1) is 0 Å². The fourth-order valence-electron chi connectivity index (χ4n) is 2.74. The molecule has 1 amide bonds. The van der Waals surface area contributed by atoms with Crippen LogP contribution in [0.2, 0.25) is 5.02 Å². The maximum absolute atomic E-state index is 12.5. The van der Waals surface area contributed by atoms with Gasteiger partial charge in [0.15, 0.2) is 0 Å². The summed E-state index contributed by atoms with van der Waals surface area (Å²) >= 11 is 6.14. The monoisotopic (exact) mass is 365 g/mol. The number of benzene rings is 2. The van der Waals surface area contributed by atoms with Crippen molar-refractivity contribution in [2.24, 2.45) is 0 Å². The minimum atomic E-state index is -0.177. The van der Waals surface area contributed by atoms with E-state index in [9.17, 15) is 4.79 Å². The second-order valence-corrected chi connectivity index (χ2v) is 6.19. The lowest BCUT2D eigenvalue weighted by Gasteiger charge is -2.23. The summed E-state index contributed by atoms with van der Waals surface area (Å²) in [6.45, 7) is 3.21. The summed E-state index contributed by atoms with van der Waals surface area (Å²) in [5.41, 5.74) is 3.34. The van der Waals surface area contributed by atoms with E-state index in [2.05, 4.69) is 22.1 Å². The predicted octanol–water partition coefficient (Wildman–Crippen LogP) is 4.82. The van der Waals surface area contributed by atoms with Gasteiger partial charge in [-0.1, -0.05) is 48.0 Å². The van der Waals surface area contributed by atoms with Gasteiger partial charge >= 0.3 is 0 Å². The maximum Gasteiger partial charge on any atom is 0.253 e. The molecule has 1 aromatic heterocycles. The second-order valence-electron chi connectivity index (χ2n) is 5.79. The van der Waals surface area contributed by atoms with Crippen LogP contribution >= 0.6 is 11.6 Å². The number of hydrogen-bond donors (Lipinski definition) is 1. The number of halogens is 1. The van der Waals surface area contributed by atoms with Crippen LogP contribution in [0.3, 0.4) is 0 Å². The first kappa shape index (κ1) is 18.0. The van der Waals surface area contributed by atoms with E-state index in [0.717, 1.165) is 23.5 Å². The number of anilines is 2. The summed E-state index contributed by atoms with van der Waals surface area (Å²) < 4.78 is 0. The number of hydrogen-bond acceptors (Lipinski definition) is 3. The zero-order chi connectivity index (χ0) is 18.4. The lowest BCUT2D eigenvalue weighted by molar-refractivity contribution is 0.0950. The smallest absolute Gasteiger partial charge is 0.253 e. The topological polar surface area (TPSA) is 45.2 Å². The van der Waals surface area contributed by atoms with Gasteiger partial charge in [0, 0.05) is 30.0 Å². The van der Waals surface area contributed by atoms with Crippen LogP contribution in [0, 0.1) is 0 Å². The maximum atomic E-state index is 12.5. The summed E-state index contributed by atoms with van der Waals surface area (Å²) in [4.78, 5) is 18.9. The fourth-order valence-corrected chi connectivity index (χ4v) is 2.94. The van der Waals surface area contributed by atoms with Crippen molar-refractivity contribution in [3.05, 3.63) is 89.2 Å². The predicted molar refractivity (Wildman–Crippen MR) is 106 cm³/mol. The Hall–Kier alpha value is -2.85. The lowest BCUT2D eigenvalue weighted by atomic mass is 10.2. The number of carbonyl (C=O) groups is 1. The largest absolute Gasteiger partial charge is 0.348 e. The van der Waals surface area contributed by atoms with E-state index in [1.807, 2.05) is 60.7 Å². The normalized spacial score (nSPS) is 10.4. The second kappa shape index (κ2) is 8.50. The van der Waals surface area contributed by atoms with Gasteiger partial charge in [0.25, 0.3) is 5.91 Å². The zero-order valence-electron chi connectivity index (χ0n) is 14.5. The van der Waals surface area contributed by atoms with Gasteiger partial charge in [0.1, 0.15) is 0 Å². The SMILES string of the molecule is CCN(c1ccccc1)c1cncc(C(=O)NCc2ccccc2Cl)c1. The Morgan fingerprint density at radius 2 is 1.77 bits per heavy atom. The highest BCUT2D eigenvalue weighted by atomic mass is 35.5. The average molecular weight is 366 g/mol.